The maximum absolute atomic E-state index is 5.65. The van der Waals surface area contributed by atoms with Crippen LogP contribution in [-0.4, -0.2) is 14.5 Å². The molecule has 3 aromatic rings. The molecule has 6 heteroatoms. The van der Waals surface area contributed by atoms with Gasteiger partial charge >= 0.3 is 0 Å². The Morgan fingerprint density at radius 2 is 2.28 bits per heavy atom. The summed E-state index contributed by atoms with van der Waals surface area (Å²) in [6, 6.07) is 5.87. The zero-order valence-corrected chi connectivity index (χ0v) is 11.3. The molecule has 0 radical (unpaired) electrons. The smallest absolute Gasteiger partial charge is 0.181 e. The second kappa shape index (κ2) is 4.22. The van der Waals surface area contributed by atoms with Crippen molar-refractivity contribution in [1.82, 2.24) is 14.5 Å². The monoisotopic (exact) mass is 306 g/mol. The van der Waals surface area contributed by atoms with Gasteiger partial charge < -0.3 is 14.7 Å². The molecule has 0 atom stereocenters. The van der Waals surface area contributed by atoms with Gasteiger partial charge in [-0.25, -0.2) is 9.97 Å². The summed E-state index contributed by atoms with van der Waals surface area (Å²) in [4.78, 5) is 8.48. The van der Waals surface area contributed by atoms with E-state index in [9.17, 15) is 0 Å². The van der Waals surface area contributed by atoms with Gasteiger partial charge in [0.05, 0.1) is 12.2 Å². The van der Waals surface area contributed by atoms with Crippen LogP contribution in [0.2, 0.25) is 0 Å². The molecule has 0 aliphatic heterocycles. The lowest BCUT2D eigenvalue weighted by molar-refractivity contribution is 0.602. The molecule has 0 aliphatic rings. The molecule has 0 unspecified atom stereocenters. The van der Waals surface area contributed by atoms with E-state index in [-0.39, 0.29) is 0 Å². The minimum atomic E-state index is 0.402. The minimum Gasteiger partial charge on any atom is -0.443 e. The molecule has 92 valence electrons. The SMILES string of the molecule is Cn1c(CN)nc(Br)c1-c1ccc2ncoc2c1. The molecule has 2 heterocycles. The first-order chi connectivity index (χ1) is 8.70. The molecule has 5 nitrogen and oxygen atoms in total. The lowest BCUT2D eigenvalue weighted by Crippen LogP contribution is -2.05. The number of imidazole rings is 1. The summed E-state index contributed by atoms with van der Waals surface area (Å²) in [5.41, 5.74) is 9.25. The highest BCUT2D eigenvalue weighted by Crippen LogP contribution is 2.30. The van der Waals surface area contributed by atoms with Crippen molar-refractivity contribution in [1.29, 1.82) is 0 Å². The standard InChI is InChI=1S/C12H11BrN4O/c1-17-10(5-14)16-12(13)11(17)7-2-3-8-9(4-7)18-6-15-8/h2-4,6H,5,14H2,1H3. The predicted octanol–water partition coefficient (Wildman–Crippen LogP) is 2.45. The third-order valence-corrected chi connectivity index (χ3v) is 3.49. The summed E-state index contributed by atoms with van der Waals surface area (Å²) in [5, 5.41) is 0. The number of rotatable bonds is 2. The van der Waals surface area contributed by atoms with Crippen molar-refractivity contribution in [2.24, 2.45) is 12.8 Å². The van der Waals surface area contributed by atoms with Gasteiger partial charge in [-0.15, -0.1) is 0 Å². The zero-order chi connectivity index (χ0) is 12.7. The molecular weight excluding hydrogens is 296 g/mol. The average molecular weight is 307 g/mol. The third-order valence-electron chi connectivity index (χ3n) is 2.93. The topological polar surface area (TPSA) is 69.9 Å². The fourth-order valence-electron chi connectivity index (χ4n) is 2.01. The normalized spacial score (nSPS) is 11.3. The van der Waals surface area contributed by atoms with Gasteiger partial charge in [-0.2, -0.15) is 0 Å². The number of nitrogens with zero attached hydrogens (tertiary/aromatic N) is 3. The Morgan fingerprint density at radius 3 is 3.00 bits per heavy atom. The predicted molar refractivity (Wildman–Crippen MR) is 71.8 cm³/mol. The molecule has 18 heavy (non-hydrogen) atoms. The number of aromatic nitrogens is 3. The van der Waals surface area contributed by atoms with Crippen LogP contribution in [0.15, 0.2) is 33.6 Å². The fraction of sp³-hybridized carbons (Fsp3) is 0.167. The Labute approximate surface area is 112 Å². The van der Waals surface area contributed by atoms with E-state index < -0.39 is 0 Å². The maximum Gasteiger partial charge on any atom is 0.181 e. The lowest BCUT2D eigenvalue weighted by Gasteiger charge is -2.05. The molecule has 0 saturated carbocycles. The van der Waals surface area contributed by atoms with Gasteiger partial charge in [0, 0.05) is 12.6 Å². The summed E-state index contributed by atoms with van der Waals surface area (Å²) in [6.07, 6.45) is 1.44. The van der Waals surface area contributed by atoms with Crippen LogP contribution in [0.3, 0.4) is 0 Å². The number of halogens is 1. The van der Waals surface area contributed by atoms with Crippen molar-refractivity contribution in [3.05, 3.63) is 35.0 Å². The lowest BCUT2D eigenvalue weighted by atomic mass is 10.1. The van der Waals surface area contributed by atoms with E-state index in [1.807, 2.05) is 29.8 Å². The molecular formula is C12H11BrN4O. The van der Waals surface area contributed by atoms with E-state index in [1.165, 1.54) is 6.39 Å². The second-order valence-corrected chi connectivity index (χ2v) is 4.72. The molecule has 0 amide bonds. The van der Waals surface area contributed by atoms with Crippen LogP contribution in [0.1, 0.15) is 5.82 Å². The van der Waals surface area contributed by atoms with Gasteiger partial charge in [0.2, 0.25) is 0 Å². The Morgan fingerprint density at radius 1 is 1.44 bits per heavy atom. The van der Waals surface area contributed by atoms with Crippen LogP contribution in [0.25, 0.3) is 22.4 Å². The van der Waals surface area contributed by atoms with Crippen molar-refractivity contribution >= 4 is 27.0 Å². The average Bonchev–Trinajstić information content (AvgIpc) is 2.93. The van der Waals surface area contributed by atoms with Crippen LogP contribution in [0, 0.1) is 0 Å². The quantitative estimate of drug-likeness (QED) is 0.789. The molecule has 2 aromatic heterocycles. The van der Waals surface area contributed by atoms with Gasteiger partial charge in [-0.1, -0.05) is 6.07 Å². The minimum absolute atomic E-state index is 0.402. The highest BCUT2D eigenvalue weighted by molar-refractivity contribution is 9.10. The van der Waals surface area contributed by atoms with E-state index in [4.69, 9.17) is 10.2 Å². The van der Waals surface area contributed by atoms with E-state index in [2.05, 4.69) is 25.9 Å². The molecule has 0 bridgehead atoms. The molecule has 0 fully saturated rings. The Kier molecular flexibility index (Phi) is 2.68. The highest BCUT2D eigenvalue weighted by atomic mass is 79.9. The molecule has 0 aliphatic carbocycles. The van der Waals surface area contributed by atoms with Crippen molar-refractivity contribution in [3.63, 3.8) is 0 Å². The number of benzene rings is 1. The molecule has 2 N–H and O–H groups in total. The summed E-state index contributed by atoms with van der Waals surface area (Å²) in [7, 11) is 1.94. The Bertz CT molecular complexity index is 716. The number of oxazole rings is 1. The van der Waals surface area contributed by atoms with Gasteiger partial charge in [-0.3, -0.25) is 0 Å². The van der Waals surface area contributed by atoms with Gasteiger partial charge in [0.1, 0.15) is 15.9 Å². The van der Waals surface area contributed by atoms with Crippen LogP contribution in [0.4, 0.5) is 0 Å². The van der Waals surface area contributed by atoms with Gasteiger partial charge in [0.15, 0.2) is 12.0 Å². The summed E-state index contributed by atoms with van der Waals surface area (Å²) in [5.74, 6) is 0.828. The highest BCUT2D eigenvalue weighted by Gasteiger charge is 2.14. The Hall–Kier alpha value is -1.66. The van der Waals surface area contributed by atoms with Crippen LogP contribution in [-0.2, 0) is 13.6 Å². The summed E-state index contributed by atoms with van der Waals surface area (Å²) < 4.78 is 8.07. The van der Waals surface area contributed by atoms with E-state index >= 15 is 0 Å². The number of fused-ring (bicyclic) bond motifs is 1. The van der Waals surface area contributed by atoms with Crippen LogP contribution >= 0.6 is 15.9 Å². The molecule has 0 spiro atoms. The van der Waals surface area contributed by atoms with Crippen LogP contribution in [0.5, 0.6) is 0 Å². The van der Waals surface area contributed by atoms with Crippen LogP contribution < -0.4 is 5.73 Å². The summed E-state index contributed by atoms with van der Waals surface area (Å²) >= 11 is 3.47. The number of hydrogen-bond acceptors (Lipinski definition) is 4. The second-order valence-electron chi connectivity index (χ2n) is 3.97. The van der Waals surface area contributed by atoms with Gasteiger partial charge in [-0.05, 0) is 28.1 Å². The Balaban J connectivity index is 2.21. The van der Waals surface area contributed by atoms with E-state index in [0.717, 1.165) is 32.8 Å². The van der Waals surface area contributed by atoms with E-state index in [0.29, 0.717) is 6.54 Å². The first-order valence-corrected chi connectivity index (χ1v) is 6.25. The van der Waals surface area contributed by atoms with Crippen molar-refractivity contribution in [2.45, 2.75) is 6.54 Å². The molecule has 0 saturated heterocycles. The zero-order valence-electron chi connectivity index (χ0n) is 9.72. The fourth-order valence-corrected chi connectivity index (χ4v) is 2.71. The van der Waals surface area contributed by atoms with Crippen molar-refractivity contribution in [3.8, 4) is 11.3 Å². The van der Waals surface area contributed by atoms with E-state index in [1.54, 1.807) is 0 Å². The number of hydrogen-bond donors (Lipinski definition) is 1. The van der Waals surface area contributed by atoms with Gasteiger partial charge in [0.25, 0.3) is 0 Å². The maximum atomic E-state index is 5.65. The first kappa shape index (κ1) is 11.4. The third kappa shape index (κ3) is 1.65. The molecule has 3 rings (SSSR count). The largest absolute Gasteiger partial charge is 0.443 e. The van der Waals surface area contributed by atoms with Crippen molar-refractivity contribution in [2.75, 3.05) is 0 Å². The summed E-state index contributed by atoms with van der Waals surface area (Å²) in [6.45, 7) is 0.402. The first-order valence-electron chi connectivity index (χ1n) is 5.45. The van der Waals surface area contributed by atoms with Crippen molar-refractivity contribution < 1.29 is 4.42 Å². The number of nitrogens with two attached hydrogens (primary N) is 1. The molecule has 1 aromatic carbocycles.